The SMILES string of the molecule is CC(C)(CO)C1CCCCN1. The molecule has 1 rings (SSSR count). The molecule has 0 saturated carbocycles. The summed E-state index contributed by atoms with van der Waals surface area (Å²) in [6, 6.07) is 0.515. The number of aliphatic hydroxyl groups is 1. The lowest BCUT2D eigenvalue weighted by Gasteiger charge is -2.36. The van der Waals surface area contributed by atoms with Crippen molar-refractivity contribution < 1.29 is 5.11 Å². The molecule has 0 spiro atoms. The van der Waals surface area contributed by atoms with E-state index in [9.17, 15) is 0 Å². The molecular weight excluding hydrogens is 138 g/mol. The standard InChI is InChI=1S/C9H19NO/c1-9(2,7-11)8-5-3-4-6-10-8/h8,10-11H,3-7H2,1-2H3. The average molecular weight is 157 g/mol. The first-order valence-corrected chi connectivity index (χ1v) is 4.51. The molecule has 0 aliphatic carbocycles. The van der Waals surface area contributed by atoms with Crippen molar-refractivity contribution in [3.63, 3.8) is 0 Å². The molecule has 1 aliphatic heterocycles. The Balaban J connectivity index is 2.43. The van der Waals surface area contributed by atoms with E-state index in [2.05, 4.69) is 19.2 Å². The van der Waals surface area contributed by atoms with Crippen LogP contribution in [0, 0.1) is 5.41 Å². The highest BCUT2D eigenvalue weighted by Gasteiger charge is 2.29. The lowest BCUT2D eigenvalue weighted by atomic mass is 9.81. The molecule has 2 nitrogen and oxygen atoms in total. The van der Waals surface area contributed by atoms with Crippen LogP contribution in [-0.4, -0.2) is 24.3 Å². The zero-order chi connectivity index (χ0) is 8.32. The normalized spacial score (nSPS) is 27.0. The lowest BCUT2D eigenvalue weighted by Crippen LogP contribution is -2.46. The highest BCUT2D eigenvalue weighted by Crippen LogP contribution is 2.25. The molecule has 2 heteroatoms. The van der Waals surface area contributed by atoms with E-state index in [1.54, 1.807) is 0 Å². The zero-order valence-corrected chi connectivity index (χ0v) is 7.56. The van der Waals surface area contributed by atoms with Crippen LogP contribution in [0.15, 0.2) is 0 Å². The molecule has 1 aliphatic rings. The fraction of sp³-hybridized carbons (Fsp3) is 1.00. The van der Waals surface area contributed by atoms with Crippen LogP contribution in [0.5, 0.6) is 0 Å². The Morgan fingerprint density at radius 3 is 2.64 bits per heavy atom. The molecule has 1 fully saturated rings. The Morgan fingerprint density at radius 2 is 2.18 bits per heavy atom. The number of hydrogen-bond acceptors (Lipinski definition) is 2. The first kappa shape index (κ1) is 9.01. The largest absolute Gasteiger partial charge is 0.396 e. The van der Waals surface area contributed by atoms with Crippen molar-refractivity contribution in [2.24, 2.45) is 5.41 Å². The summed E-state index contributed by atoms with van der Waals surface area (Å²) in [6.45, 7) is 5.64. The molecule has 0 aromatic rings. The van der Waals surface area contributed by atoms with Crippen LogP contribution in [0.2, 0.25) is 0 Å². The molecule has 1 saturated heterocycles. The smallest absolute Gasteiger partial charge is 0.0497 e. The van der Waals surface area contributed by atoms with E-state index < -0.39 is 0 Å². The van der Waals surface area contributed by atoms with Crippen molar-refractivity contribution in [2.45, 2.75) is 39.2 Å². The topological polar surface area (TPSA) is 32.3 Å². The highest BCUT2D eigenvalue weighted by molar-refractivity contribution is 4.85. The predicted octanol–water partition coefficient (Wildman–Crippen LogP) is 1.15. The van der Waals surface area contributed by atoms with Gasteiger partial charge in [0.2, 0.25) is 0 Å². The van der Waals surface area contributed by atoms with Gasteiger partial charge in [-0.25, -0.2) is 0 Å². The van der Waals surface area contributed by atoms with E-state index in [1.165, 1.54) is 19.3 Å². The van der Waals surface area contributed by atoms with Crippen molar-refractivity contribution in [3.8, 4) is 0 Å². The van der Waals surface area contributed by atoms with Crippen molar-refractivity contribution in [3.05, 3.63) is 0 Å². The first-order valence-electron chi connectivity index (χ1n) is 4.51. The van der Waals surface area contributed by atoms with Gasteiger partial charge in [0.15, 0.2) is 0 Å². The van der Waals surface area contributed by atoms with E-state index in [0.717, 1.165) is 6.54 Å². The minimum Gasteiger partial charge on any atom is -0.396 e. The van der Waals surface area contributed by atoms with E-state index in [0.29, 0.717) is 6.04 Å². The minimum atomic E-state index is 0.0560. The summed E-state index contributed by atoms with van der Waals surface area (Å²) in [6.07, 6.45) is 3.81. The molecule has 2 N–H and O–H groups in total. The molecular formula is C9H19NO. The summed E-state index contributed by atoms with van der Waals surface area (Å²) in [5.41, 5.74) is 0.0560. The van der Waals surface area contributed by atoms with Gasteiger partial charge >= 0.3 is 0 Å². The Morgan fingerprint density at radius 1 is 1.45 bits per heavy atom. The number of rotatable bonds is 2. The van der Waals surface area contributed by atoms with E-state index in [1.807, 2.05) is 0 Å². The van der Waals surface area contributed by atoms with Gasteiger partial charge in [-0.2, -0.15) is 0 Å². The van der Waals surface area contributed by atoms with Gasteiger partial charge in [0.05, 0.1) is 0 Å². The van der Waals surface area contributed by atoms with Crippen LogP contribution >= 0.6 is 0 Å². The summed E-state index contributed by atoms with van der Waals surface area (Å²) < 4.78 is 0. The van der Waals surface area contributed by atoms with Gasteiger partial charge in [-0.05, 0) is 19.4 Å². The molecule has 11 heavy (non-hydrogen) atoms. The molecule has 1 heterocycles. The van der Waals surface area contributed by atoms with Crippen molar-refractivity contribution >= 4 is 0 Å². The molecule has 0 amide bonds. The van der Waals surface area contributed by atoms with Gasteiger partial charge in [-0.15, -0.1) is 0 Å². The summed E-state index contributed by atoms with van der Waals surface area (Å²) in [4.78, 5) is 0. The molecule has 0 bridgehead atoms. The van der Waals surface area contributed by atoms with Crippen LogP contribution in [-0.2, 0) is 0 Å². The lowest BCUT2D eigenvalue weighted by molar-refractivity contribution is 0.102. The second kappa shape index (κ2) is 3.55. The second-order valence-electron chi connectivity index (χ2n) is 4.15. The van der Waals surface area contributed by atoms with Crippen LogP contribution in [0.1, 0.15) is 33.1 Å². The monoisotopic (exact) mass is 157 g/mol. The molecule has 66 valence electrons. The summed E-state index contributed by atoms with van der Waals surface area (Å²) in [7, 11) is 0. The molecule has 0 aromatic heterocycles. The third-order valence-corrected chi connectivity index (χ3v) is 2.66. The number of piperidine rings is 1. The third kappa shape index (κ3) is 2.17. The summed E-state index contributed by atoms with van der Waals surface area (Å²) >= 11 is 0. The molecule has 0 aromatic carbocycles. The van der Waals surface area contributed by atoms with Crippen LogP contribution in [0.3, 0.4) is 0 Å². The molecule has 1 unspecified atom stereocenters. The highest BCUT2D eigenvalue weighted by atomic mass is 16.3. The van der Waals surface area contributed by atoms with Crippen LogP contribution in [0.4, 0.5) is 0 Å². The maximum absolute atomic E-state index is 9.11. The van der Waals surface area contributed by atoms with E-state index in [4.69, 9.17) is 5.11 Å². The maximum atomic E-state index is 9.11. The number of aliphatic hydroxyl groups excluding tert-OH is 1. The Kier molecular flexibility index (Phi) is 2.90. The van der Waals surface area contributed by atoms with Gasteiger partial charge < -0.3 is 10.4 Å². The quantitative estimate of drug-likeness (QED) is 0.630. The second-order valence-corrected chi connectivity index (χ2v) is 4.15. The Bertz CT molecular complexity index is 117. The summed E-state index contributed by atoms with van der Waals surface area (Å²) in [5.74, 6) is 0. The van der Waals surface area contributed by atoms with Crippen molar-refractivity contribution in [1.29, 1.82) is 0 Å². The van der Waals surface area contributed by atoms with Gasteiger partial charge in [0, 0.05) is 18.1 Å². The molecule has 1 atom stereocenters. The summed E-state index contributed by atoms with van der Waals surface area (Å²) in [5, 5.41) is 12.6. The van der Waals surface area contributed by atoms with Crippen molar-refractivity contribution in [1.82, 2.24) is 5.32 Å². The van der Waals surface area contributed by atoms with E-state index >= 15 is 0 Å². The van der Waals surface area contributed by atoms with Crippen LogP contribution < -0.4 is 5.32 Å². The predicted molar refractivity (Wildman–Crippen MR) is 46.5 cm³/mol. The zero-order valence-electron chi connectivity index (χ0n) is 7.56. The van der Waals surface area contributed by atoms with Gasteiger partial charge in [-0.1, -0.05) is 20.3 Å². The fourth-order valence-corrected chi connectivity index (χ4v) is 1.63. The van der Waals surface area contributed by atoms with Crippen molar-refractivity contribution in [2.75, 3.05) is 13.2 Å². The number of hydrogen-bond donors (Lipinski definition) is 2. The average Bonchev–Trinajstić information content (AvgIpc) is 2.06. The Hall–Kier alpha value is -0.0800. The first-order chi connectivity index (χ1) is 5.17. The minimum absolute atomic E-state index is 0.0560. The van der Waals surface area contributed by atoms with Gasteiger partial charge in [0.1, 0.15) is 0 Å². The van der Waals surface area contributed by atoms with E-state index in [-0.39, 0.29) is 12.0 Å². The van der Waals surface area contributed by atoms with Crippen LogP contribution in [0.25, 0.3) is 0 Å². The molecule has 0 radical (unpaired) electrons. The number of nitrogens with one attached hydrogen (secondary N) is 1. The Labute approximate surface area is 69.0 Å². The fourth-order valence-electron chi connectivity index (χ4n) is 1.63. The maximum Gasteiger partial charge on any atom is 0.0497 e. The van der Waals surface area contributed by atoms with Gasteiger partial charge in [0.25, 0.3) is 0 Å². The third-order valence-electron chi connectivity index (χ3n) is 2.66. The van der Waals surface area contributed by atoms with Gasteiger partial charge in [-0.3, -0.25) is 0 Å².